The van der Waals surface area contributed by atoms with Crippen LogP contribution < -0.4 is 5.73 Å². The van der Waals surface area contributed by atoms with Gasteiger partial charge in [0.1, 0.15) is 6.04 Å². The van der Waals surface area contributed by atoms with Crippen LogP contribution in [0.25, 0.3) is 0 Å². The first-order chi connectivity index (χ1) is 9.63. The second-order valence-electron chi connectivity index (χ2n) is 4.78. The number of nitrogens with zero attached hydrogens (tertiary/aromatic N) is 2. The van der Waals surface area contributed by atoms with Gasteiger partial charge in [-0.25, -0.2) is 0 Å². The fraction of sp³-hybridized carbons (Fsp3) is 0.333. The van der Waals surface area contributed by atoms with Gasteiger partial charge >= 0.3 is 0 Å². The Morgan fingerprint density at radius 3 is 2.25 bits per heavy atom. The van der Waals surface area contributed by atoms with Gasteiger partial charge in [-0.1, -0.05) is 36.9 Å². The van der Waals surface area contributed by atoms with E-state index in [-0.39, 0.29) is 11.8 Å². The molecule has 2 N–H and O–H groups in total. The molecule has 20 heavy (non-hydrogen) atoms. The molecule has 0 bridgehead atoms. The number of carbonyl (C=O) groups is 2. The molecule has 2 amide bonds. The van der Waals surface area contributed by atoms with E-state index in [2.05, 4.69) is 6.58 Å². The van der Waals surface area contributed by atoms with Gasteiger partial charge in [0.05, 0.1) is 0 Å². The summed E-state index contributed by atoms with van der Waals surface area (Å²) in [5.41, 5.74) is 6.44. The topological polar surface area (TPSA) is 66.6 Å². The van der Waals surface area contributed by atoms with Gasteiger partial charge < -0.3 is 10.6 Å². The highest BCUT2D eigenvalue weighted by Crippen LogP contribution is 2.21. The predicted octanol–water partition coefficient (Wildman–Crippen LogP) is 0.543. The van der Waals surface area contributed by atoms with Crippen LogP contribution in [0.1, 0.15) is 11.6 Å². The summed E-state index contributed by atoms with van der Waals surface area (Å²) < 4.78 is 0. The van der Waals surface area contributed by atoms with Crippen molar-refractivity contribution in [3.8, 4) is 0 Å². The molecule has 5 nitrogen and oxygen atoms in total. The van der Waals surface area contributed by atoms with Crippen LogP contribution in [-0.2, 0) is 9.59 Å². The zero-order valence-electron chi connectivity index (χ0n) is 11.4. The number of rotatable bonds is 4. The lowest BCUT2D eigenvalue weighted by Crippen LogP contribution is -2.51. The van der Waals surface area contributed by atoms with E-state index in [0.717, 1.165) is 5.56 Å². The number of hydrogen-bond donors (Lipinski definition) is 1. The Morgan fingerprint density at radius 1 is 1.15 bits per heavy atom. The molecule has 2 rings (SSSR count). The first-order valence-corrected chi connectivity index (χ1v) is 6.63. The predicted molar refractivity (Wildman–Crippen MR) is 76.7 cm³/mol. The van der Waals surface area contributed by atoms with Gasteiger partial charge in [-0.2, -0.15) is 0 Å². The molecule has 1 fully saturated rings. The average molecular weight is 273 g/mol. The standard InChI is InChI=1S/C15H19N3O2/c1-2-13(19)17-8-10-18(11-9-17)14(15(16)20)12-6-4-3-5-7-12/h2-7,14H,1,8-11H2,(H2,16,20). The molecular formula is C15H19N3O2. The second kappa shape index (κ2) is 6.34. The molecule has 0 spiro atoms. The Bertz CT molecular complexity index is 493. The summed E-state index contributed by atoms with van der Waals surface area (Å²) in [5.74, 6) is -0.431. The molecule has 0 saturated carbocycles. The van der Waals surface area contributed by atoms with Crippen LogP contribution in [0.4, 0.5) is 0 Å². The van der Waals surface area contributed by atoms with Gasteiger partial charge in [-0.3, -0.25) is 14.5 Å². The molecule has 1 aromatic rings. The van der Waals surface area contributed by atoms with Gasteiger partial charge in [0, 0.05) is 26.2 Å². The Kier molecular flexibility index (Phi) is 4.53. The lowest BCUT2D eigenvalue weighted by atomic mass is 10.0. The van der Waals surface area contributed by atoms with E-state index in [9.17, 15) is 9.59 Å². The van der Waals surface area contributed by atoms with Gasteiger partial charge in [-0.15, -0.1) is 0 Å². The molecule has 0 aromatic heterocycles. The van der Waals surface area contributed by atoms with Crippen molar-refractivity contribution in [2.45, 2.75) is 6.04 Å². The monoisotopic (exact) mass is 273 g/mol. The molecule has 1 atom stereocenters. The summed E-state index contributed by atoms with van der Waals surface area (Å²) in [6.07, 6.45) is 1.32. The van der Waals surface area contributed by atoms with Crippen LogP contribution in [0.15, 0.2) is 43.0 Å². The van der Waals surface area contributed by atoms with Crippen molar-refractivity contribution in [2.24, 2.45) is 5.73 Å². The fourth-order valence-corrected chi connectivity index (χ4v) is 2.52. The zero-order chi connectivity index (χ0) is 14.5. The lowest BCUT2D eigenvalue weighted by molar-refractivity contribution is -0.129. The summed E-state index contributed by atoms with van der Waals surface area (Å²) in [6.45, 7) is 5.91. The van der Waals surface area contributed by atoms with Gasteiger partial charge in [0.25, 0.3) is 0 Å². The molecule has 106 valence electrons. The van der Waals surface area contributed by atoms with Crippen LogP contribution in [0.2, 0.25) is 0 Å². The number of nitrogens with two attached hydrogens (primary N) is 1. The minimum absolute atomic E-state index is 0.0695. The number of carbonyl (C=O) groups excluding carboxylic acids is 2. The minimum Gasteiger partial charge on any atom is -0.368 e. The number of benzene rings is 1. The van der Waals surface area contributed by atoms with Crippen molar-refractivity contribution in [3.05, 3.63) is 48.6 Å². The van der Waals surface area contributed by atoms with E-state index in [1.54, 1.807) is 4.90 Å². The van der Waals surface area contributed by atoms with Crippen molar-refractivity contribution in [1.29, 1.82) is 0 Å². The number of amides is 2. The van der Waals surface area contributed by atoms with Crippen LogP contribution in [0.3, 0.4) is 0 Å². The molecular weight excluding hydrogens is 254 g/mol. The summed E-state index contributed by atoms with van der Waals surface area (Å²) in [4.78, 5) is 27.0. The minimum atomic E-state index is -0.433. The summed E-state index contributed by atoms with van der Waals surface area (Å²) in [7, 11) is 0. The van der Waals surface area contributed by atoms with Crippen molar-refractivity contribution in [3.63, 3.8) is 0 Å². The van der Waals surface area contributed by atoms with Gasteiger partial charge in [0.2, 0.25) is 11.8 Å². The molecule has 1 heterocycles. The third-order valence-electron chi connectivity index (χ3n) is 3.55. The molecule has 1 aliphatic heterocycles. The first-order valence-electron chi connectivity index (χ1n) is 6.63. The lowest BCUT2D eigenvalue weighted by Gasteiger charge is -2.37. The Labute approximate surface area is 118 Å². The average Bonchev–Trinajstić information content (AvgIpc) is 2.48. The number of piperazine rings is 1. The highest BCUT2D eigenvalue weighted by Gasteiger charge is 2.29. The van der Waals surface area contributed by atoms with E-state index in [1.165, 1.54) is 6.08 Å². The molecule has 0 aliphatic carbocycles. The maximum Gasteiger partial charge on any atom is 0.246 e. The largest absolute Gasteiger partial charge is 0.368 e. The van der Waals surface area contributed by atoms with Crippen LogP contribution in [0.5, 0.6) is 0 Å². The quantitative estimate of drug-likeness (QED) is 0.814. The molecule has 5 heteroatoms. The van der Waals surface area contributed by atoms with Crippen LogP contribution >= 0.6 is 0 Å². The van der Waals surface area contributed by atoms with E-state index < -0.39 is 6.04 Å². The Balaban J connectivity index is 2.08. The molecule has 1 aromatic carbocycles. The highest BCUT2D eigenvalue weighted by atomic mass is 16.2. The van der Waals surface area contributed by atoms with Crippen molar-refractivity contribution in [2.75, 3.05) is 26.2 Å². The zero-order valence-corrected chi connectivity index (χ0v) is 11.4. The van der Waals surface area contributed by atoms with Crippen LogP contribution in [-0.4, -0.2) is 47.8 Å². The smallest absolute Gasteiger partial charge is 0.246 e. The molecule has 0 radical (unpaired) electrons. The molecule has 1 unspecified atom stereocenters. The maximum absolute atomic E-state index is 11.8. The van der Waals surface area contributed by atoms with E-state index in [4.69, 9.17) is 5.73 Å². The van der Waals surface area contributed by atoms with Crippen molar-refractivity contribution < 1.29 is 9.59 Å². The maximum atomic E-state index is 11.8. The Hall–Kier alpha value is -2.14. The highest BCUT2D eigenvalue weighted by molar-refractivity contribution is 5.87. The van der Waals surface area contributed by atoms with Gasteiger partial charge in [-0.05, 0) is 11.6 Å². The van der Waals surface area contributed by atoms with E-state index in [0.29, 0.717) is 26.2 Å². The van der Waals surface area contributed by atoms with Crippen molar-refractivity contribution in [1.82, 2.24) is 9.80 Å². The molecule has 1 aliphatic rings. The number of primary amides is 1. The SMILES string of the molecule is C=CC(=O)N1CCN(C(C(N)=O)c2ccccc2)CC1. The normalized spacial score (nSPS) is 17.5. The summed E-state index contributed by atoms with van der Waals surface area (Å²) >= 11 is 0. The summed E-state index contributed by atoms with van der Waals surface area (Å²) in [6, 6.07) is 9.05. The third-order valence-corrected chi connectivity index (χ3v) is 3.55. The fourth-order valence-electron chi connectivity index (χ4n) is 2.52. The number of hydrogen-bond acceptors (Lipinski definition) is 3. The Morgan fingerprint density at radius 2 is 1.75 bits per heavy atom. The van der Waals surface area contributed by atoms with E-state index in [1.807, 2.05) is 35.2 Å². The van der Waals surface area contributed by atoms with E-state index >= 15 is 0 Å². The molecule has 1 saturated heterocycles. The van der Waals surface area contributed by atoms with Crippen molar-refractivity contribution >= 4 is 11.8 Å². The first kappa shape index (κ1) is 14.3. The summed E-state index contributed by atoms with van der Waals surface area (Å²) in [5, 5.41) is 0. The third kappa shape index (κ3) is 3.05. The van der Waals surface area contributed by atoms with Gasteiger partial charge in [0.15, 0.2) is 0 Å². The van der Waals surface area contributed by atoms with Crippen LogP contribution in [0, 0.1) is 0 Å². The second-order valence-corrected chi connectivity index (χ2v) is 4.78.